The highest BCUT2D eigenvalue weighted by Gasteiger charge is 2.22. The van der Waals surface area contributed by atoms with Crippen LogP contribution < -0.4 is 5.32 Å². The van der Waals surface area contributed by atoms with Crippen molar-refractivity contribution < 1.29 is 4.79 Å². The summed E-state index contributed by atoms with van der Waals surface area (Å²) in [4.78, 5) is 11.4. The maximum absolute atomic E-state index is 11.4. The summed E-state index contributed by atoms with van der Waals surface area (Å²) in [5, 5.41) is 11.3. The van der Waals surface area contributed by atoms with E-state index in [-0.39, 0.29) is 11.2 Å². The van der Waals surface area contributed by atoms with Crippen molar-refractivity contribution in [3.63, 3.8) is 0 Å². The maximum Gasteiger partial charge on any atom is 0.233 e. The predicted octanol–water partition coefficient (Wildman–Crippen LogP) is 1.30. The number of amides is 1. The summed E-state index contributed by atoms with van der Waals surface area (Å²) in [5.74, 6) is 1.26. The summed E-state index contributed by atoms with van der Waals surface area (Å²) in [7, 11) is 0. The molecule has 0 aliphatic carbocycles. The van der Waals surface area contributed by atoms with E-state index >= 15 is 0 Å². The van der Waals surface area contributed by atoms with Gasteiger partial charge in [-0.05, 0) is 25.0 Å². The first-order chi connectivity index (χ1) is 6.34. The van der Waals surface area contributed by atoms with Crippen LogP contribution in [0.4, 0.5) is 0 Å². The molecule has 0 bridgehead atoms. The second-order valence-corrected chi connectivity index (χ2v) is 4.36. The van der Waals surface area contributed by atoms with E-state index in [9.17, 15) is 4.79 Å². The molecule has 0 spiro atoms. The molecule has 1 fully saturated rings. The zero-order valence-corrected chi connectivity index (χ0v) is 8.40. The van der Waals surface area contributed by atoms with Crippen molar-refractivity contribution in [1.82, 2.24) is 5.32 Å². The van der Waals surface area contributed by atoms with Crippen LogP contribution in [-0.4, -0.2) is 23.5 Å². The van der Waals surface area contributed by atoms with E-state index < -0.39 is 0 Å². The number of rotatable bonds is 4. The van der Waals surface area contributed by atoms with Gasteiger partial charge in [-0.25, -0.2) is 0 Å². The molecule has 72 valence electrons. The number of nitrogens with one attached hydrogen (secondary N) is 1. The van der Waals surface area contributed by atoms with Crippen LogP contribution in [0, 0.1) is 11.3 Å². The molecule has 1 amide bonds. The quantitative estimate of drug-likeness (QED) is 0.693. The van der Waals surface area contributed by atoms with Gasteiger partial charge in [0.15, 0.2) is 0 Å². The van der Waals surface area contributed by atoms with Gasteiger partial charge in [-0.2, -0.15) is 5.26 Å². The van der Waals surface area contributed by atoms with Crippen molar-refractivity contribution in [2.45, 2.75) is 30.9 Å². The number of hydrogen-bond acceptors (Lipinski definition) is 3. The monoisotopic (exact) mass is 198 g/mol. The molecule has 3 nitrogen and oxygen atoms in total. The van der Waals surface area contributed by atoms with E-state index in [1.807, 2.05) is 0 Å². The molecule has 1 unspecified atom stereocenters. The van der Waals surface area contributed by atoms with Gasteiger partial charge in [-0.15, -0.1) is 11.8 Å². The molecule has 0 saturated carbocycles. The van der Waals surface area contributed by atoms with Crippen LogP contribution in [0.5, 0.6) is 0 Å². The van der Waals surface area contributed by atoms with Crippen molar-refractivity contribution >= 4 is 17.7 Å². The molecule has 1 heterocycles. The standard InChI is InChI=1S/C9H14N2OS/c10-5-1-2-6-11-9(12)8-4-3-7-13-8/h8H,1-4,6-7H2,(H,11,12). The van der Waals surface area contributed by atoms with Gasteiger partial charge < -0.3 is 5.32 Å². The van der Waals surface area contributed by atoms with Gasteiger partial charge in [-0.1, -0.05) is 0 Å². The van der Waals surface area contributed by atoms with E-state index in [4.69, 9.17) is 5.26 Å². The Morgan fingerprint density at radius 3 is 3.15 bits per heavy atom. The third kappa shape index (κ3) is 3.69. The minimum absolute atomic E-state index is 0.153. The smallest absolute Gasteiger partial charge is 0.233 e. The molecule has 13 heavy (non-hydrogen) atoms. The second kappa shape index (κ2) is 5.87. The molecule has 1 rings (SSSR count). The van der Waals surface area contributed by atoms with Gasteiger partial charge >= 0.3 is 0 Å². The SMILES string of the molecule is N#CCCCNC(=O)C1CCCS1. The third-order valence-electron chi connectivity index (χ3n) is 1.99. The first-order valence-electron chi connectivity index (χ1n) is 4.61. The number of carbonyl (C=O) groups is 1. The Hall–Kier alpha value is -0.690. The molecule has 0 aromatic heterocycles. The Labute approximate surface area is 82.9 Å². The van der Waals surface area contributed by atoms with Gasteiger partial charge in [0.05, 0.1) is 11.3 Å². The average molecular weight is 198 g/mol. The van der Waals surface area contributed by atoms with Crippen molar-refractivity contribution in [2.24, 2.45) is 0 Å². The first-order valence-corrected chi connectivity index (χ1v) is 5.65. The molecule has 1 aliphatic rings. The van der Waals surface area contributed by atoms with Crippen LogP contribution >= 0.6 is 11.8 Å². The fraction of sp³-hybridized carbons (Fsp3) is 0.778. The highest BCUT2D eigenvalue weighted by Crippen LogP contribution is 2.25. The van der Waals surface area contributed by atoms with Crippen LogP contribution in [0.1, 0.15) is 25.7 Å². The highest BCUT2D eigenvalue weighted by molar-refractivity contribution is 8.00. The largest absolute Gasteiger partial charge is 0.355 e. The van der Waals surface area contributed by atoms with Crippen LogP contribution in [0.25, 0.3) is 0 Å². The van der Waals surface area contributed by atoms with E-state index in [1.165, 1.54) is 0 Å². The van der Waals surface area contributed by atoms with Crippen LogP contribution in [0.15, 0.2) is 0 Å². The van der Waals surface area contributed by atoms with Gasteiger partial charge in [0, 0.05) is 13.0 Å². The van der Waals surface area contributed by atoms with Crippen LogP contribution in [0.3, 0.4) is 0 Å². The summed E-state index contributed by atoms with van der Waals surface area (Å²) in [6.07, 6.45) is 3.45. The Kier molecular flexibility index (Phi) is 4.69. The summed E-state index contributed by atoms with van der Waals surface area (Å²) in [6, 6.07) is 2.05. The number of unbranched alkanes of at least 4 members (excludes halogenated alkanes) is 1. The Morgan fingerprint density at radius 2 is 2.54 bits per heavy atom. The van der Waals surface area contributed by atoms with Crippen LogP contribution in [0.2, 0.25) is 0 Å². The van der Waals surface area contributed by atoms with E-state index in [0.29, 0.717) is 13.0 Å². The second-order valence-electron chi connectivity index (χ2n) is 3.05. The number of hydrogen-bond donors (Lipinski definition) is 1. The molecular formula is C9H14N2OS. The Morgan fingerprint density at radius 1 is 1.69 bits per heavy atom. The fourth-order valence-electron chi connectivity index (χ4n) is 1.28. The van der Waals surface area contributed by atoms with Crippen molar-refractivity contribution in [1.29, 1.82) is 5.26 Å². The summed E-state index contributed by atoms with van der Waals surface area (Å²) < 4.78 is 0. The minimum Gasteiger partial charge on any atom is -0.355 e. The molecule has 0 aromatic rings. The number of nitrogens with zero attached hydrogens (tertiary/aromatic N) is 1. The summed E-state index contributed by atoms with van der Waals surface area (Å²) in [5.41, 5.74) is 0. The van der Waals surface area contributed by atoms with E-state index in [0.717, 1.165) is 25.0 Å². The number of thioether (sulfide) groups is 1. The molecule has 1 saturated heterocycles. The molecule has 4 heteroatoms. The molecule has 1 aliphatic heterocycles. The molecule has 0 radical (unpaired) electrons. The average Bonchev–Trinajstić information content (AvgIpc) is 2.65. The van der Waals surface area contributed by atoms with Crippen molar-refractivity contribution in [3.05, 3.63) is 0 Å². The minimum atomic E-state index is 0.153. The van der Waals surface area contributed by atoms with Gasteiger partial charge in [0.1, 0.15) is 0 Å². The lowest BCUT2D eigenvalue weighted by Crippen LogP contribution is -2.31. The van der Waals surface area contributed by atoms with Gasteiger partial charge in [-0.3, -0.25) is 4.79 Å². The summed E-state index contributed by atoms with van der Waals surface area (Å²) in [6.45, 7) is 0.642. The first kappa shape index (κ1) is 10.4. The topological polar surface area (TPSA) is 52.9 Å². The van der Waals surface area contributed by atoms with Gasteiger partial charge in [0.25, 0.3) is 0 Å². The lowest BCUT2D eigenvalue weighted by atomic mass is 10.2. The van der Waals surface area contributed by atoms with Gasteiger partial charge in [0.2, 0.25) is 5.91 Å². The van der Waals surface area contributed by atoms with Crippen LogP contribution in [-0.2, 0) is 4.79 Å². The lowest BCUT2D eigenvalue weighted by Gasteiger charge is -2.08. The molecule has 1 atom stereocenters. The van der Waals surface area contributed by atoms with Crippen molar-refractivity contribution in [2.75, 3.05) is 12.3 Å². The number of nitriles is 1. The molecule has 1 N–H and O–H groups in total. The molecular weight excluding hydrogens is 184 g/mol. The zero-order valence-electron chi connectivity index (χ0n) is 7.58. The molecule has 0 aromatic carbocycles. The maximum atomic E-state index is 11.4. The summed E-state index contributed by atoms with van der Waals surface area (Å²) >= 11 is 1.74. The highest BCUT2D eigenvalue weighted by atomic mass is 32.2. The Balaban J connectivity index is 2.07. The lowest BCUT2D eigenvalue weighted by molar-refractivity contribution is -0.120. The number of carbonyl (C=O) groups excluding carboxylic acids is 1. The predicted molar refractivity (Wildman–Crippen MR) is 53.3 cm³/mol. The van der Waals surface area contributed by atoms with E-state index in [2.05, 4.69) is 11.4 Å². The van der Waals surface area contributed by atoms with E-state index in [1.54, 1.807) is 11.8 Å². The van der Waals surface area contributed by atoms with Crippen molar-refractivity contribution in [3.8, 4) is 6.07 Å². The Bertz CT molecular complexity index is 206. The fourth-order valence-corrected chi connectivity index (χ4v) is 2.46. The normalized spacial score (nSPS) is 21.0. The third-order valence-corrected chi connectivity index (χ3v) is 3.36. The zero-order chi connectivity index (χ0) is 9.52.